The average Bonchev–Trinajstić information content (AvgIpc) is 2.39. The summed E-state index contributed by atoms with van der Waals surface area (Å²) in [6.45, 7) is 2.06. The summed E-state index contributed by atoms with van der Waals surface area (Å²) in [5.74, 6) is 1.14. The van der Waals surface area contributed by atoms with E-state index in [1.807, 2.05) is 6.07 Å². The number of methoxy groups -OCH3 is 1. The molecular weight excluding hydrogens is 216 g/mol. The van der Waals surface area contributed by atoms with Crippen LogP contribution in [0, 0.1) is 5.92 Å². The first kappa shape index (κ1) is 12.2. The lowest BCUT2D eigenvalue weighted by Gasteiger charge is -2.28. The number of hydrogen-bond donors (Lipinski definition) is 3. The maximum atomic E-state index is 9.75. The fraction of sp³-hybridized carbons (Fsp3) is 0.538. The number of phenols is 1. The van der Waals surface area contributed by atoms with E-state index in [-0.39, 0.29) is 11.8 Å². The van der Waals surface area contributed by atoms with Crippen molar-refractivity contribution in [1.29, 1.82) is 0 Å². The molecule has 1 aromatic carbocycles. The van der Waals surface area contributed by atoms with Gasteiger partial charge in [0.25, 0.3) is 0 Å². The summed E-state index contributed by atoms with van der Waals surface area (Å²) in [6.07, 6.45) is 2.18. The van der Waals surface area contributed by atoms with Crippen molar-refractivity contribution in [1.82, 2.24) is 5.32 Å². The van der Waals surface area contributed by atoms with E-state index in [4.69, 9.17) is 10.5 Å². The molecule has 4 nitrogen and oxygen atoms in total. The van der Waals surface area contributed by atoms with Crippen LogP contribution in [0.25, 0.3) is 0 Å². The molecule has 1 aromatic rings. The van der Waals surface area contributed by atoms with Crippen LogP contribution in [0.3, 0.4) is 0 Å². The van der Waals surface area contributed by atoms with Crippen molar-refractivity contribution in [2.75, 3.05) is 20.2 Å². The van der Waals surface area contributed by atoms with Crippen molar-refractivity contribution in [2.24, 2.45) is 11.7 Å². The molecule has 1 atom stereocenters. The number of hydrogen-bond acceptors (Lipinski definition) is 4. The Morgan fingerprint density at radius 3 is 2.71 bits per heavy atom. The molecule has 94 valence electrons. The van der Waals surface area contributed by atoms with Crippen LogP contribution < -0.4 is 15.8 Å². The first-order chi connectivity index (χ1) is 8.22. The number of ether oxygens (including phenoxy) is 1. The summed E-state index contributed by atoms with van der Waals surface area (Å²) in [4.78, 5) is 0. The van der Waals surface area contributed by atoms with Crippen molar-refractivity contribution in [2.45, 2.75) is 18.9 Å². The molecule has 0 saturated carbocycles. The van der Waals surface area contributed by atoms with Gasteiger partial charge in [0.05, 0.1) is 7.11 Å². The lowest BCUT2D eigenvalue weighted by atomic mass is 9.86. The Labute approximate surface area is 102 Å². The Bertz CT molecular complexity index is 376. The van der Waals surface area contributed by atoms with Crippen LogP contribution in [-0.2, 0) is 0 Å². The van der Waals surface area contributed by atoms with Gasteiger partial charge in [-0.15, -0.1) is 0 Å². The third-order valence-electron chi connectivity index (χ3n) is 3.48. The van der Waals surface area contributed by atoms with Gasteiger partial charge in [0.2, 0.25) is 0 Å². The highest BCUT2D eigenvalue weighted by atomic mass is 16.5. The SMILES string of the molecule is COc1ccc([C@H](N)C2CCNCC2)cc1O. The number of rotatable bonds is 3. The van der Waals surface area contributed by atoms with Gasteiger partial charge in [-0.05, 0) is 49.5 Å². The van der Waals surface area contributed by atoms with Crippen LogP contribution in [0.1, 0.15) is 24.4 Å². The van der Waals surface area contributed by atoms with E-state index in [0.29, 0.717) is 11.7 Å². The Morgan fingerprint density at radius 1 is 1.41 bits per heavy atom. The molecule has 1 saturated heterocycles. The molecule has 0 aromatic heterocycles. The molecule has 0 aliphatic carbocycles. The number of phenolic OH excluding ortho intramolecular Hbond substituents is 1. The normalized spacial score (nSPS) is 18.9. The van der Waals surface area contributed by atoms with Crippen molar-refractivity contribution in [3.8, 4) is 11.5 Å². The molecule has 4 N–H and O–H groups in total. The van der Waals surface area contributed by atoms with E-state index in [1.54, 1.807) is 19.2 Å². The molecular formula is C13H20N2O2. The van der Waals surface area contributed by atoms with Gasteiger partial charge < -0.3 is 20.9 Å². The van der Waals surface area contributed by atoms with Crippen LogP contribution >= 0.6 is 0 Å². The van der Waals surface area contributed by atoms with Crippen LogP contribution in [-0.4, -0.2) is 25.3 Å². The number of piperidine rings is 1. The monoisotopic (exact) mass is 236 g/mol. The van der Waals surface area contributed by atoms with E-state index in [1.165, 1.54) is 0 Å². The molecule has 1 aliphatic heterocycles. The van der Waals surface area contributed by atoms with E-state index in [0.717, 1.165) is 31.5 Å². The predicted octanol–water partition coefficient (Wildman–Crippen LogP) is 1.40. The molecule has 2 rings (SSSR count). The van der Waals surface area contributed by atoms with E-state index in [9.17, 15) is 5.11 Å². The topological polar surface area (TPSA) is 67.5 Å². The minimum Gasteiger partial charge on any atom is -0.504 e. The molecule has 0 spiro atoms. The first-order valence-corrected chi connectivity index (χ1v) is 6.05. The molecule has 4 heteroatoms. The summed E-state index contributed by atoms with van der Waals surface area (Å²) < 4.78 is 5.02. The molecule has 1 aliphatic rings. The summed E-state index contributed by atoms with van der Waals surface area (Å²) in [6, 6.07) is 5.41. The van der Waals surface area contributed by atoms with Crippen LogP contribution in [0.15, 0.2) is 18.2 Å². The minimum atomic E-state index is -0.00564. The molecule has 0 unspecified atom stereocenters. The van der Waals surface area contributed by atoms with Crippen LogP contribution in [0.2, 0.25) is 0 Å². The van der Waals surface area contributed by atoms with Gasteiger partial charge in [0.15, 0.2) is 11.5 Å². The fourth-order valence-corrected chi connectivity index (χ4v) is 2.39. The van der Waals surface area contributed by atoms with Crippen LogP contribution in [0.4, 0.5) is 0 Å². The molecule has 0 bridgehead atoms. The summed E-state index contributed by atoms with van der Waals surface area (Å²) in [7, 11) is 1.54. The zero-order valence-electron chi connectivity index (χ0n) is 10.1. The smallest absolute Gasteiger partial charge is 0.160 e. The zero-order valence-corrected chi connectivity index (χ0v) is 10.1. The van der Waals surface area contributed by atoms with E-state index in [2.05, 4.69) is 5.32 Å². The standard InChI is InChI=1S/C13H20N2O2/c1-17-12-3-2-10(8-11(12)16)13(14)9-4-6-15-7-5-9/h2-3,8-9,13,15-16H,4-7,14H2,1H3/t13-/m1/s1. The highest BCUT2D eigenvalue weighted by molar-refractivity contribution is 5.42. The van der Waals surface area contributed by atoms with Crippen molar-refractivity contribution >= 4 is 0 Å². The molecule has 1 fully saturated rings. The predicted molar refractivity (Wildman–Crippen MR) is 67.2 cm³/mol. The van der Waals surface area contributed by atoms with Crippen LogP contribution in [0.5, 0.6) is 11.5 Å². The maximum Gasteiger partial charge on any atom is 0.160 e. The Kier molecular flexibility index (Phi) is 3.86. The summed E-state index contributed by atoms with van der Waals surface area (Å²) in [5.41, 5.74) is 7.23. The summed E-state index contributed by atoms with van der Waals surface area (Å²) in [5, 5.41) is 13.1. The second-order valence-electron chi connectivity index (χ2n) is 4.54. The molecule has 1 heterocycles. The molecule has 0 radical (unpaired) electrons. The minimum absolute atomic E-state index is 0.00564. The van der Waals surface area contributed by atoms with Gasteiger partial charge in [-0.2, -0.15) is 0 Å². The highest BCUT2D eigenvalue weighted by Crippen LogP contribution is 2.32. The van der Waals surface area contributed by atoms with Gasteiger partial charge in [-0.1, -0.05) is 6.07 Å². The van der Waals surface area contributed by atoms with Crippen molar-refractivity contribution < 1.29 is 9.84 Å². The second-order valence-corrected chi connectivity index (χ2v) is 4.54. The number of benzene rings is 1. The van der Waals surface area contributed by atoms with E-state index < -0.39 is 0 Å². The van der Waals surface area contributed by atoms with E-state index >= 15 is 0 Å². The largest absolute Gasteiger partial charge is 0.504 e. The number of aromatic hydroxyl groups is 1. The highest BCUT2D eigenvalue weighted by Gasteiger charge is 2.22. The third-order valence-corrected chi connectivity index (χ3v) is 3.48. The molecule has 17 heavy (non-hydrogen) atoms. The number of nitrogens with one attached hydrogen (secondary N) is 1. The van der Waals surface area contributed by atoms with Gasteiger partial charge in [-0.3, -0.25) is 0 Å². The number of nitrogens with two attached hydrogens (primary N) is 1. The zero-order chi connectivity index (χ0) is 12.3. The van der Waals surface area contributed by atoms with Gasteiger partial charge in [0.1, 0.15) is 0 Å². The Morgan fingerprint density at radius 2 is 2.12 bits per heavy atom. The molecule has 0 amide bonds. The first-order valence-electron chi connectivity index (χ1n) is 6.05. The third kappa shape index (κ3) is 2.70. The fourth-order valence-electron chi connectivity index (χ4n) is 2.39. The van der Waals surface area contributed by atoms with Crippen molar-refractivity contribution in [3.05, 3.63) is 23.8 Å². The Hall–Kier alpha value is -1.26. The maximum absolute atomic E-state index is 9.75. The summed E-state index contributed by atoms with van der Waals surface area (Å²) >= 11 is 0. The Balaban J connectivity index is 2.12. The van der Waals surface area contributed by atoms with Gasteiger partial charge in [-0.25, -0.2) is 0 Å². The lowest BCUT2D eigenvalue weighted by Crippen LogP contribution is -2.33. The average molecular weight is 236 g/mol. The van der Waals surface area contributed by atoms with Gasteiger partial charge >= 0.3 is 0 Å². The lowest BCUT2D eigenvalue weighted by molar-refractivity contribution is 0.320. The van der Waals surface area contributed by atoms with Crippen molar-refractivity contribution in [3.63, 3.8) is 0 Å². The second kappa shape index (κ2) is 5.38. The van der Waals surface area contributed by atoms with Gasteiger partial charge in [0, 0.05) is 6.04 Å². The quantitative estimate of drug-likeness (QED) is 0.742.